The zero-order chi connectivity index (χ0) is 16.6. The monoisotopic (exact) mass is 307 g/mol. The lowest BCUT2D eigenvalue weighted by Crippen LogP contribution is -2.38. The van der Waals surface area contributed by atoms with Gasteiger partial charge in [0.15, 0.2) is 0 Å². The summed E-state index contributed by atoms with van der Waals surface area (Å²) in [5.41, 5.74) is 0.573. The highest BCUT2D eigenvalue weighted by Crippen LogP contribution is 2.12. The highest BCUT2D eigenvalue weighted by atomic mass is 16.6. The summed E-state index contributed by atoms with van der Waals surface area (Å²) >= 11 is 0. The maximum atomic E-state index is 12.2. The average molecular weight is 307 g/mol. The molecule has 0 unspecified atom stereocenters. The quantitative estimate of drug-likeness (QED) is 0.839. The number of aliphatic carboxylic acids is 1. The third kappa shape index (κ3) is 7.67. The summed E-state index contributed by atoms with van der Waals surface area (Å²) in [6, 6.07) is 9.87. The summed E-state index contributed by atoms with van der Waals surface area (Å²) in [4.78, 5) is 24.4. The van der Waals surface area contributed by atoms with E-state index >= 15 is 0 Å². The zero-order valence-electron chi connectivity index (χ0n) is 13.5. The number of nitrogens with zero attached hydrogens (tertiary/aromatic N) is 1. The molecule has 1 amide bonds. The number of carboxylic acids is 1. The molecule has 0 heterocycles. The van der Waals surface area contributed by atoms with Crippen molar-refractivity contribution < 1.29 is 19.4 Å². The first-order chi connectivity index (χ1) is 10.3. The van der Waals surface area contributed by atoms with Gasteiger partial charge in [-0.1, -0.05) is 30.3 Å². The Balaban J connectivity index is 2.60. The zero-order valence-corrected chi connectivity index (χ0v) is 13.5. The van der Waals surface area contributed by atoms with Crippen LogP contribution in [0.15, 0.2) is 30.3 Å². The maximum Gasteiger partial charge on any atom is 0.410 e. The summed E-state index contributed by atoms with van der Waals surface area (Å²) in [5.74, 6) is -0.854. The maximum absolute atomic E-state index is 12.2. The van der Waals surface area contributed by atoms with Crippen LogP contribution >= 0.6 is 0 Å². The highest BCUT2D eigenvalue weighted by Gasteiger charge is 2.21. The fourth-order valence-electron chi connectivity index (χ4n) is 1.95. The first-order valence-corrected chi connectivity index (χ1v) is 7.51. The Kier molecular flexibility index (Phi) is 6.89. The molecule has 1 N–H and O–H groups in total. The fraction of sp³-hybridized carbons (Fsp3) is 0.529. The summed E-state index contributed by atoms with van der Waals surface area (Å²) in [5, 5.41) is 8.72. The van der Waals surface area contributed by atoms with E-state index < -0.39 is 17.7 Å². The molecular formula is C17H25NO4. The Morgan fingerprint density at radius 3 is 2.32 bits per heavy atom. The lowest BCUT2D eigenvalue weighted by Gasteiger charge is -2.27. The molecule has 0 saturated carbocycles. The van der Waals surface area contributed by atoms with Gasteiger partial charge >= 0.3 is 12.1 Å². The lowest BCUT2D eigenvalue weighted by atomic mass is 10.1. The van der Waals surface area contributed by atoms with Crippen molar-refractivity contribution in [1.82, 2.24) is 4.90 Å². The Bertz CT molecular complexity index is 479. The Morgan fingerprint density at radius 1 is 1.14 bits per heavy atom. The van der Waals surface area contributed by atoms with Crippen LogP contribution in [0, 0.1) is 0 Å². The summed E-state index contributed by atoms with van der Waals surface area (Å²) in [7, 11) is 0. The Labute approximate surface area is 131 Å². The molecule has 0 saturated heterocycles. The molecule has 1 aromatic carbocycles. The van der Waals surface area contributed by atoms with E-state index in [4.69, 9.17) is 9.84 Å². The average Bonchev–Trinajstić information content (AvgIpc) is 2.41. The van der Waals surface area contributed by atoms with Crippen LogP contribution < -0.4 is 0 Å². The topological polar surface area (TPSA) is 66.8 Å². The van der Waals surface area contributed by atoms with Gasteiger partial charge in [-0.25, -0.2) is 4.79 Å². The van der Waals surface area contributed by atoms with Gasteiger partial charge in [0.05, 0.1) is 0 Å². The van der Waals surface area contributed by atoms with E-state index in [1.54, 1.807) is 4.90 Å². The number of carbonyl (C=O) groups excluding carboxylic acids is 1. The van der Waals surface area contributed by atoms with E-state index in [9.17, 15) is 9.59 Å². The molecule has 0 atom stereocenters. The normalized spacial score (nSPS) is 11.0. The van der Waals surface area contributed by atoms with Gasteiger partial charge in [-0.3, -0.25) is 4.79 Å². The largest absolute Gasteiger partial charge is 0.481 e. The van der Waals surface area contributed by atoms with Crippen LogP contribution in [-0.2, 0) is 16.0 Å². The molecule has 1 rings (SSSR count). The van der Waals surface area contributed by atoms with E-state index in [0.29, 0.717) is 25.9 Å². The molecule has 122 valence electrons. The molecule has 1 aromatic rings. The summed E-state index contributed by atoms with van der Waals surface area (Å²) in [6.45, 7) is 6.35. The van der Waals surface area contributed by atoms with E-state index in [1.165, 1.54) is 0 Å². The first-order valence-electron chi connectivity index (χ1n) is 7.51. The van der Waals surface area contributed by atoms with E-state index in [-0.39, 0.29) is 6.42 Å². The molecule has 0 fully saturated rings. The standard InChI is InChI=1S/C17H25NO4/c1-17(2,3)22-16(21)18(12-7-10-15(19)20)13-11-14-8-5-4-6-9-14/h4-6,8-9H,7,10-13H2,1-3H3,(H,19,20). The predicted octanol–water partition coefficient (Wildman–Crippen LogP) is 3.33. The molecule has 0 spiro atoms. The number of amides is 1. The molecule has 0 aliphatic rings. The molecule has 0 radical (unpaired) electrons. The van der Waals surface area contributed by atoms with Gasteiger partial charge < -0.3 is 14.7 Å². The molecule has 0 bridgehead atoms. The number of carboxylic acid groups (broad SMARTS) is 1. The third-order valence-electron chi connectivity index (χ3n) is 2.98. The van der Waals surface area contributed by atoms with Crippen LogP contribution in [0.25, 0.3) is 0 Å². The van der Waals surface area contributed by atoms with Gasteiger partial charge in [0.2, 0.25) is 0 Å². The number of benzene rings is 1. The number of ether oxygens (including phenoxy) is 1. The Hall–Kier alpha value is -2.04. The van der Waals surface area contributed by atoms with Gasteiger partial charge in [0.25, 0.3) is 0 Å². The molecule has 0 aromatic heterocycles. The van der Waals surface area contributed by atoms with Crippen LogP contribution in [0.2, 0.25) is 0 Å². The predicted molar refractivity (Wildman–Crippen MR) is 84.8 cm³/mol. The number of carbonyl (C=O) groups is 2. The molecule has 5 heteroatoms. The van der Waals surface area contributed by atoms with Crippen molar-refractivity contribution in [2.45, 2.75) is 45.6 Å². The van der Waals surface area contributed by atoms with Crippen LogP contribution in [0.5, 0.6) is 0 Å². The minimum Gasteiger partial charge on any atom is -0.481 e. The highest BCUT2D eigenvalue weighted by molar-refractivity contribution is 5.69. The first kappa shape index (κ1) is 18.0. The second kappa shape index (κ2) is 8.41. The number of hydrogen-bond acceptors (Lipinski definition) is 3. The fourth-order valence-corrected chi connectivity index (χ4v) is 1.95. The van der Waals surface area contributed by atoms with Crippen molar-refractivity contribution in [2.75, 3.05) is 13.1 Å². The minimum atomic E-state index is -0.854. The van der Waals surface area contributed by atoms with Crippen LogP contribution in [0.4, 0.5) is 4.79 Å². The van der Waals surface area contributed by atoms with E-state index in [0.717, 1.165) is 5.56 Å². The van der Waals surface area contributed by atoms with Crippen molar-refractivity contribution in [1.29, 1.82) is 0 Å². The van der Waals surface area contributed by atoms with Crippen LogP contribution in [0.3, 0.4) is 0 Å². The number of hydrogen-bond donors (Lipinski definition) is 1. The van der Waals surface area contributed by atoms with Crippen molar-refractivity contribution in [3.63, 3.8) is 0 Å². The van der Waals surface area contributed by atoms with Crippen LogP contribution in [-0.4, -0.2) is 40.8 Å². The molecule has 5 nitrogen and oxygen atoms in total. The summed E-state index contributed by atoms with van der Waals surface area (Å²) in [6.07, 6.45) is 0.787. The Morgan fingerprint density at radius 2 is 1.77 bits per heavy atom. The lowest BCUT2D eigenvalue weighted by molar-refractivity contribution is -0.137. The van der Waals surface area contributed by atoms with Crippen molar-refractivity contribution >= 4 is 12.1 Å². The molecule has 0 aliphatic heterocycles. The molecular weight excluding hydrogens is 282 g/mol. The van der Waals surface area contributed by atoms with E-state index in [2.05, 4.69) is 0 Å². The van der Waals surface area contributed by atoms with Crippen LogP contribution in [0.1, 0.15) is 39.2 Å². The van der Waals surface area contributed by atoms with Crippen molar-refractivity contribution in [2.24, 2.45) is 0 Å². The molecule has 22 heavy (non-hydrogen) atoms. The second-order valence-corrected chi connectivity index (χ2v) is 6.20. The number of rotatable bonds is 7. The van der Waals surface area contributed by atoms with E-state index in [1.807, 2.05) is 51.1 Å². The van der Waals surface area contributed by atoms with Gasteiger partial charge in [0, 0.05) is 19.5 Å². The van der Waals surface area contributed by atoms with Crippen molar-refractivity contribution in [3.8, 4) is 0 Å². The molecule has 0 aliphatic carbocycles. The smallest absolute Gasteiger partial charge is 0.410 e. The van der Waals surface area contributed by atoms with Gasteiger partial charge in [0.1, 0.15) is 5.60 Å². The SMILES string of the molecule is CC(C)(C)OC(=O)N(CCCC(=O)O)CCc1ccccc1. The van der Waals surface area contributed by atoms with Gasteiger partial charge in [-0.2, -0.15) is 0 Å². The van der Waals surface area contributed by atoms with Crippen molar-refractivity contribution in [3.05, 3.63) is 35.9 Å². The summed E-state index contributed by atoms with van der Waals surface area (Å²) < 4.78 is 5.39. The minimum absolute atomic E-state index is 0.0463. The van der Waals surface area contributed by atoms with Gasteiger partial charge in [-0.05, 0) is 39.2 Å². The third-order valence-corrected chi connectivity index (χ3v) is 2.98. The second-order valence-electron chi connectivity index (χ2n) is 6.20. The van der Waals surface area contributed by atoms with Gasteiger partial charge in [-0.15, -0.1) is 0 Å².